The normalized spacial score (nSPS) is 9.00. The molecule has 76 valence electrons. The van der Waals surface area contributed by atoms with Crippen molar-refractivity contribution in [1.29, 1.82) is 10.5 Å². The van der Waals surface area contributed by atoms with Gasteiger partial charge in [-0.05, 0) is 24.6 Å². The fraction of sp³-hybridized carbons (Fsp3) is 0.273. The maximum Gasteiger partial charge on any atom is 0.101 e. The molecule has 0 aliphatic rings. The Hall–Kier alpha value is -1.71. The highest BCUT2D eigenvalue weighted by Gasteiger charge is 2.01. The summed E-state index contributed by atoms with van der Waals surface area (Å²) in [6, 6.07) is 9.21. The average molecular weight is 220 g/mol. The Morgan fingerprint density at radius 2 is 2.13 bits per heavy atom. The predicted octanol–water partition coefficient (Wildman–Crippen LogP) is 2.93. The molecule has 0 heterocycles. The molecule has 0 saturated carbocycles. The number of nitrogens with one attached hydrogen (secondary N) is 1. The van der Waals surface area contributed by atoms with Crippen LogP contribution >= 0.6 is 11.6 Å². The third-order valence-electron chi connectivity index (χ3n) is 1.88. The van der Waals surface area contributed by atoms with Gasteiger partial charge in [0.25, 0.3) is 0 Å². The molecular weight excluding hydrogens is 210 g/mol. The molecule has 0 aliphatic heterocycles. The van der Waals surface area contributed by atoms with Crippen LogP contribution in [0.25, 0.3) is 0 Å². The maximum absolute atomic E-state index is 8.83. The topological polar surface area (TPSA) is 59.6 Å². The second-order valence-corrected chi connectivity index (χ2v) is 3.43. The van der Waals surface area contributed by atoms with Crippen LogP contribution < -0.4 is 5.32 Å². The molecule has 15 heavy (non-hydrogen) atoms. The number of nitrogens with zero attached hydrogens (tertiary/aromatic N) is 2. The lowest BCUT2D eigenvalue weighted by Crippen LogP contribution is -2.02. The smallest absolute Gasteiger partial charge is 0.101 e. The Labute approximate surface area is 93.9 Å². The first-order valence-corrected chi connectivity index (χ1v) is 4.96. The molecule has 0 aromatic heterocycles. The first-order chi connectivity index (χ1) is 7.27. The Morgan fingerprint density at radius 3 is 2.80 bits per heavy atom. The van der Waals surface area contributed by atoms with Crippen LogP contribution in [-0.2, 0) is 0 Å². The standard InChI is InChI=1S/C11H10ClN3/c12-10-4-3-9(8-14)11(7-10)15-6-2-1-5-13/h3-4,7,15H,1-2,6H2. The summed E-state index contributed by atoms with van der Waals surface area (Å²) in [5.74, 6) is 0. The van der Waals surface area contributed by atoms with Crippen molar-refractivity contribution in [3.63, 3.8) is 0 Å². The second kappa shape index (κ2) is 5.90. The maximum atomic E-state index is 8.83. The Morgan fingerprint density at radius 1 is 1.33 bits per heavy atom. The summed E-state index contributed by atoms with van der Waals surface area (Å²) in [6.07, 6.45) is 1.27. The highest BCUT2D eigenvalue weighted by atomic mass is 35.5. The van der Waals surface area contributed by atoms with Crippen molar-refractivity contribution in [2.45, 2.75) is 12.8 Å². The lowest BCUT2D eigenvalue weighted by Gasteiger charge is -2.07. The minimum Gasteiger partial charge on any atom is -0.384 e. The summed E-state index contributed by atoms with van der Waals surface area (Å²) in [5, 5.41) is 20.9. The number of anilines is 1. The van der Waals surface area contributed by atoms with Crippen LogP contribution in [0.15, 0.2) is 18.2 Å². The fourth-order valence-electron chi connectivity index (χ4n) is 1.15. The summed E-state index contributed by atoms with van der Waals surface area (Å²) in [6.45, 7) is 0.669. The molecule has 1 aromatic carbocycles. The molecule has 0 fully saturated rings. The van der Waals surface area contributed by atoms with Gasteiger partial charge in [-0.25, -0.2) is 0 Å². The van der Waals surface area contributed by atoms with Gasteiger partial charge in [0.05, 0.1) is 17.3 Å². The zero-order valence-corrected chi connectivity index (χ0v) is 8.88. The van der Waals surface area contributed by atoms with Crippen LogP contribution in [0.3, 0.4) is 0 Å². The molecule has 0 saturated heterocycles. The van der Waals surface area contributed by atoms with Gasteiger partial charge in [0, 0.05) is 18.0 Å². The summed E-state index contributed by atoms with van der Waals surface area (Å²) in [7, 11) is 0. The zero-order chi connectivity index (χ0) is 11.1. The van der Waals surface area contributed by atoms with Gasteiger partial charge in [0.1, 0.15) is 6.07 Å². The molecule has 1 aromatic rings. The molecule has 1 rings (SSSR count). The van der Waals surface area contributed by atoms with Gasteiger partial charge in [0.15, 0.2) is 0 Å². The Bertz CT molecular complexity index is 415. The van der Waals surface area contributed by atoms with Gasteiger partial charge < -0.3 is 5.32 Å². The zero-order valence-electron chi connectivity index (χ0n) is 8.13. The van der Waals surface area contributed by atoms with Crippen molar-refractivity contribution in [3.05, 3.63) is 28.8 Å². The van der Waals surface area contributed by atoms with E-state index in [2.05, 4.69) is 17.5 Å². The number of benzene rings is 1. The van der Waals surface area contributed by atoms with Crippen molar-refractivity contribution in [2.75, 3.05) is 11.9 Å². The molecule has 4 heteroatoms. The van der Waals surface area contributed by atoms with E-state index in [0.29, 0.717) is 23.6 Å². The van der Waals surface area contributed by atoms with Crippen molar-refractivity contribution in [2.24, 2.45) is 0 Å². The third kappa shape index (κ3) is 3.50. The number of hydrogen-bond donors (Lipinski definition) is 1. The van der Waals surface area contributed by atoms with Crippen molar-refractivity contribution in [1.82, 2.24) is 0 Å². The van der Waals surface area contributed by atoms with Crippen LogP contribution in [0.4, 0.5) is 5.69 Å². The summed E-state index contributed by atoms with van der Waals surface area (Å²) >= 11 is 5.81. The van der Waals surface area contributed by atoms with E-state index in [1.165, 1.54) is 0 Å². The van der Waals surface area contributed by atoms with Crippen LogP contribution in [-0.4, -0.2) is 6.54 Å². The molecule has 0 bridgehead atoms. The predicted molar refractivity (Wildman–Crippen MR) is 59.5 cm³/mol. The quantitative estimate of drug-likeness (QED) is 0.792. The minimum atomic E-state index is 0.509. The first kappa shape index (κ1) is 11.4. The molecule has 0 atom stereocenters. The van der Waals surface area contributed by atoms with Crippen molar-refractivity contribution < 1.29 is 0 Å². The van der Waals surface area contributed by atoms with Crippen LogP contribution in [0.1, 0.15) is 18.4 Å². The lowest BCUT2D eigenvalue weighted by molar-refractivity contribution is 0.897. The average Bonchev–Trinajstić information content (AvgIpc) is 2.25. The Kier molecular flexibility index (Phi) is 4.47. The van der Waals surface area contributed by atoms with Crippen LogP contribution in [0.5, 0.6) is 0 Å². The third-order valence-corrected chi connectivity index (χ3v) is 2.12. The van der Waals surface area contributed by atoms with Crippen LogP contribution in [0, 0.1) is 22.7 Å². The monoisotopic (exact) mass is 219 g/mol. The number of rotatable bonds is 4. The summed E-state index contributed by atoms with van der Waals surface area (Å²) < 4.78 is 0. The van der Waals surface area contributed by atoms with Gasteiger partial charge in [-0.3, -0.25) is 0 Å². The van der Waals surface area contributed by atoms with Crippen LogP contribution in [0.2, 0.25) is 5.02 Å². The lowest BCUT2D eigenvalue weighted by atomic mass is 10.2. The molecular formula is C11H10ClN3. The molecule has 1 N–H and O–H groups in total. The van der Waals surface area contributed by atoms with E-state index in [0.717, 1.165) is 12.1 Å². The molecule has 0 radical (unpaired) electrons. The number of hydrogen-bond acceptors (Lipinski definition) is 3. The minimum absolute atomic E-state index is 0.509. The fourth-order valence-corrected chi connectivity index (χ4v) is 1.32. The van der Waals surface area contributed by atoms with E-state index < -0.39 is 0 Å². The van der Waals surface area contributed by atoms with E-state index in [-0.39, 0.29) is 0 Å². The Balaban J connectivity index is 2.64. The first-order valence-electron chi connectivity index (χ1n) is 4.58. The van der Waals surface area contributed by atoms with E-state index in [1.807, 2.05) is 0 Å². The van der Waals surface area contributed by atoms with Gasteiger partial charge >= 0.3 is 0 Å². The molecule has 0 unspecified atom stereocenters. The SMILES string of the molecule is N#CCCCNc1cc(Cl)ccc1C#N. The molecule has 3 nitrogen and oxygen atoms in total. The molecule has 0 spiro atoms. The van der Waals surface area contributed by atoms with Crippen molar-refractivity contribution in [3.8, 4) is 12.1 Å². The largest absolute Gasteiger partial charge is 0.384 e. The highest BCUT2D eigenvalue weighted by molar-refractivity contribution is 6.30. The summed E-state index contributed by atoms with van der Waals surface area (Å²) in [5.41, 5.74) is 1.29. The number of unbranched alkanes of at least 4 members (excludes halogenated alkanes) is 1. The summed E-state index contributed by atoms with van der Waals surface area (Å²) in [4.78, 5) is 0. The van der Waals surface area contributed by atoms with Gasteiger partial charge in [0.2, 0.25) is 0 Å². The molecule has 0 aliphatic carbocycles. The highest BCUT2D eigenvalue weighted by Crippen LogP contribution is 2.20. The molecule has 0 amide bonds. The van der Waals surface area contributed by atoms with Gasteiger partial charge in [-0.2, -0.15) is 10.5 Å². The number of halogens is 1. The van der Waals surface area contributed by atoms with Crippen molar-refractivity contribution >= 4 is 17.3 Å². The van der Waals surface area contributed by atoms with E-state index >= 15 is 0 Å². The van der Waals surface area contributed by atoms with E-state index in [9.17, 15) is 0 Å². The van der Waals surface area contributed by atoms with E-state index in [4.69, 9.17) is 22.1 Å². The number of nitriles is 2. The second-order valence-electron chi connectivity index (χ2n) is 2.99. The van der Waals surface area contributed by atoms with Gasteiger partial charge in [-0.1, -0.05) is 11.6 Å². The van der Waals surface area contributed by atoms with E-state index in [1.54, 1.807) is 18.2 Å². The van der Waals surface area contributed by atoms with Gasteiger partial charge in [-0.15, -0.1) is 0 Å².